The molecular formula is C12H17ClN2O3S. The minimum atomic E-state index is -3.67. The van der Waals surface area contributed by atoms with Crippen molar-refractivity contribution in [3.8, 4) is 0 Å². The van der Waals surface area contributed by atoms with Crippen LogP contribution < -0.4 is 5.73 Å². The van der Waals surface area contributed by atoms with Crippen LogP contribution in [0.5, 0.6) is 0 Å². The number of hydrogen-bond acceptors (Lipinski definition) is 4. The normalized spacial score (nSPS) is 21.5. The SMILES string of the molecule is COC1CCCN(S(=O)(=O)c2c(N)cccc2Cl)C1. The lowest BCUT2D eigenvalue weighted by Gasteiger charge is -2.31. The summed E-state index contributed by atoms with van der Waals surface area (Å²) in [4.78, 5) is -0.00609. The molecule has 1 fully saturated rings. The molecule has 1 atom stereocenters. The number of benzene rings is 1. The van der Waals surface area contributed by atoms with Crippen LogP contribution in [0.15, 0.2) is 23.1 Å². The molecule has 1 heterocycles. The summed E-state index contributed by atoms with van der Waals surface area (Å²) in [7, 11) is -2.08. The first-order valence-electron chi connectivity index (χ1n) is 6.03. The summed E-state index contributed by atoms with van der Waals surface area (Å²) in [5.41, 5.74) is 5.93. The van der Waals surface area contributed by atoms with Crippen molar-refractivity contribution in [3.05, 3.63) is 23.2 Å². The monoisotopic (exact) mass is 304 g/mol. The van der Waals surface area contributed by atoms with E-state index in [1.54, 1.807) is 13.2 Å². The molecule has 106 valence electrons. The van der Waals surface area contributed by atoms with Gasteiger partial charge in [-0.25, -0.2) is 8.42 Å². The average Bonchev–Trinajstić information content (AvgIpc) is 2.38. The number of halogens is 1. The maximum atomic E-state index is 12.6. The third-order valence-electron chi connectivity index (χ3n) is 3.27. The van der Waals surface area contributed by atoms with E-state index in [4.69, 9.17) is 22.1 Å². The molecule has 19 heavy (non-hydrogen) atoms. The van der Waals surface area contributed by atoms with Crippen molar-refractivity contribution in [3.63, 3.8) is 0 Å². The third-order valence-corrected chi connectivity index (χ3v) is 5.68. The van der Waals surface area contributed by atoms with Gasteiger partial charge in [0, 0.05) is 20.2 Å². The van der Waals surface area contributed by atoms with Gasteiger partial charge in [0.05, 0.1) is 16.8 Å². The smallest absolute Gasteiger partial charge is 0.246 e. The van der Waals surface area contributed by atoms with Gasteiger partial charge in [-0.05, 0) is 25.0 Å². The Hall–Kier alpha value is -0.820. The number of hydrogen-bond donors (Lipinski definition) is 1. The second kappa shape index (κ2) is 5.66. The number of piperidine rings is 1. The molecule has 1 aromatic carbocycles. The zero-order valence-electron chi connectivity index (χ0n) is 10.7. The first-order valence-corrected chi connectivity index (χ1v) is 7.85. The quantitative estimate of drug-likeness (QED) is 0.863. The zero-order valence-corrected chi connectivity index (χ0v) is 12.2. The van der Waals surface area contributed by atoms with E-state index in [0.717, 1.165) is 12.8 Å². The first kappa shape index (κ1) is 14.6. The molecule has 0 amide bonds. The minimum Gasteiger partial charge on any atom is -0.398 e. The summed E-state index contributed by atoms with van der Waals surface area (Å²) in [6, 6.07) is 4.70. The summed E-state index contributed by atoms with van der Waals surface area (Å²) in [6.45, 7) is 0.802. The summed E-state index contributed by atoms with van der Waals surface area (Å²) < 4.78 is 31.8. The molecule has 1 saturated heterocycles. The molecule has 5 nitrogen and oxygen atoms in total. The van der Waals surface area contributed by atoms with Crippen LogP contribution in [0.1, 0.15) is 12.8 Å². The number of sulfonamides is 1. The largest absolute Gasteiger partial charge is 0.398 e. The summed E-state index contributed by atoms with van der Waals surface area (Å²) in [6.07, 6.45) is 1.55. The Morgan fingerprint density at radius 1 is 1.47 bits per heavy atom. The highest BCUT2D eigenvalue weighted by Crippen LogP contribution is 2.31. The molecule has 1 aromatic rings. The highest BCUT2D eigenvalue weighted by molar-refractivity contribution is 7.89. The molecule has 0 radical (unpaired) electrons. The number of nitrogen functional groups attached to an aromatic ring is 1. The van der Waals surface area contributed by atoms with E-state index in [1.807, 2.05) is 0 Å². The number of anilines is 1. The van der Waals surface area contributed by atoms with Crippen LogP contribution in [-0.2, 0) is 14.8 Å². The second-order valence-electron chi connectivity index (χ2n) is 4.52. The number of methoxy groups -OCH3 is 1. The van der Waals surface area contributed by atoms with Gasteiger partial charge in [0.1, 0.15) is 4.90 Å². The Labute approximate surface area is 118 Å². The fraction of sp³-hybridized carbons (Fsp3) is 0.500. The molecule has 1 aliphatic rings. The summed E-state index contributed by atoms with van der Waals surface area (Å²) in [5.74, 6) is 0. The van der Waals surface area contributed by atoms with Gasteiger partial charge in [0.2, 0.25) is 10.0 Å². The van der Waals surface area contributed by atoms with Crippen LogP contribution in [0.2, 0.25) is 5.02 Å². The van der Waals surface area contributed by atoms with Gasteiger partial charge in [0.25, 0.3) is 0 Å². The summed E-state index contributed by atoms with van der Waals surface area (Å²) >= 11 is 5.99. The predicted molar refractivity (Wildman–Crippen MR) is 74.7 cm³/mol. The zero-order chi connectivity index (χ0) is 14.0. The van der Waals surface area contributed by atoms with E-state index in [1.165, 1.54) is 16.4 Å². The van der Waals surface area contributed by atoms with Crippen molar-refractivity contribution < 1.29 is 13.2 Å². The second-order valence-corrected chi connectivity index (χ2v) is 6.80. The lowest BCUT2D eigenvalue weighted by atomic mass is 10.1. The average molecular weight is 305 g/mol. The highest BCUT2D eigenvalue weighted by Gasteiger charge is 2.32. The van der Waals surface area contributed by atoms with Crippen LogP contribution in [0, 0.1) is 0 Å². The molecule has 0 spiro atoms. The first-order chi connectivity index (χ1) is 8.96. The van der Waals surface area contributed by atoms with Crippen molar-refractivity contribution >= 4 is 27.3 Å². The fourth-order valence-electron chi connectivity index (χ4n) is 2.24. The lowest BCUT2D eigenvalue weighted by molar-refractivity contribution is 0.0572. The van der Waals surface area contributed by atoms with E-state index in [2.05, 4.69) is 0 Å². The number of nitrogens with two attached hydrogens (primary N) is 1. The Morgan fingerprint density at radius 2 is 2.21 bits per heavy atom. The fourth-order valence-corrected chi connectivity index (χ4v) is 4.39. The minimum absolute atomic E-state index is 0.00609. The third kappa shape index (κ3) is 2.86. The van der Waals surface area contributed by atoms with Crippen molar-refractivity contribution in [1.29, 1.82) is 0 Å². The van der Waals surface area contributed by atoms with Crippen molar-refractivity contribution in [1.82, 2.24) is 4.31 Å². The number of rotatable bonds is 3. The highest BCUT2D eigenvalue weighted by atomic mass is 35.5. The van der Waals surface area contributed by atoms with Gasteiger partial charge in [0.15, 0.2) is 0 Å². The molecule has 2 N–H and O–H groups in total. The molecule has 0 saturated carbocycles. The van der Waals surface area contributed by atoms with Gasteiger partial charge in [-0.2, -0.15) is 4.31 Å². The number of nitrogens with zero attached hydrogens (tertiary/aromatic N) is 1. The topological polar surface area (TPSA) is 72.6 Å². The van der Waals surface area contributed by atoms with Crippen LogP contribution >= 0.6 is 11.6 Å². The molecular weight excluding hydrogens is 288 g/mol. The van der Waals surface area contributed by atoms with Crippen LogP contribution in [0.4, 0.5) is 5.69 Å². The van der Waals surface area contributed by atoms with Crippen molar-refractivity contribution in [2.24, 2.45) is 0 Å². The van der Waals surface area contributed by atoms with Gasteiger partial charge in [-0.1, -0.05) is 17.7 Å². The van der Waals surface area contributed by atoms with E-state index in [0.29, 0.717) is 13.1 Å². The maximum absolute atomic E-state index is 12.6. The van der Waals surface area contributed by atoms with E-state index in [9.17, 15) is 8.42 Å². The number of ether oxygens (including phenoxy) is 1. The van der Waals surface area contributed by atoms with E-state index in [-0.39, 0.29) is 21.7 Å². The Morgan fingerprint density at radius 3 is 2.84 bits per heavy atom. The van der Waals surface area contributed by atoms with Crippen molar-refractivity contribution in [2.45, 2.75) is 23.8 Å². The molecule has 1 unspecified atom stereocenters. The molecule has 0 bridgehead atoms. The van der Waals surface area contributed by atoms with Crippen molar-refractivity contribution in [2.75, 3.05) is 25.9 Å². The van der Waals surface area contributed by atoms with E-state index >= 15 is 0 Å². The Bertz CT molecular complexity index is 542. The molecule has 0 aromatic heterocycles. The predicted octanol–water partition coefficient (Wildman–Crippen LogP) is 1.72. The van der Waals surface area contributed by atoms with Crippen LogP contribution in [0.3, 0.4) is 0 Å². The Kier molecular flexibility index (Phi) is 4.35. The van der Waals surface area contributed by atoms with Gasteiger partial charge in [-0.3, -0.25) is 0 Å². The summed E-state index contributed by atoms with van der Waals surface area (Å²) in [5, 5.41) is 0.152. The molecule has 0 aliphatic carbocycles. The van der Waals surface area contributed by atoms with Crippen LogP contribution in [0.25, 0.3) is 0 Å². The van der Waals surface area contributed by atoms with Crippen LogP contribution in [-0.4, -0.2) is 39.0 Å². The Balaban J connectivity index is 2.37. The molecule has 2 rings (SSSR count). The van der Waals surface area contributed by atoms with Gasteiger partial charge in [-0.15, -0.1) is 0 Å². The van der Waals surface area contributed by atoms with Gasteiger partial charge < -0.3 is 10.5 Å². The standard InChI is InChI=1S/C12H17ClN2O3S/c1-18-9-4-3-7-15(8-9)19(16,17)12-10(13)5-2-6-11(12)14/h2,5-6,9H,3-4,7-8,14H2,1H3. The molecule has 1 aliphatic heterocycles. The lowest BCUT2D eigenvalue weighted by Crippen LogP contribution is -2.43. The van der Waals surface area contributed by atoms with Gasteiger partial charge >= 0.3 is 0 Å². The molecule has 7 heteroatoms. The van der Waals surface area contributed by atoms with E-state index < -0.39 is 10.0 Å². The maximum Gasteiger partial charge on any atom is 0.246 e.